The van der Waals surface area contributed by atoms with Crippen molar-refractivity contribution in [3.63, 3.8) is 0 Å². The van der Waals surface area contributed by atoms with Gasteiger partial charge in [-0.25, -0.2) is 4.79 Å². The number of carboxylic acids is 2. The first-order valence-corrected chi connectivity index (χ1v) is 8.26. The largest absolute Gasteiger partial charge is 0.520 e. The summed E-state index contributed by atoms with van der Waals surface area (Å²) in [5.74, 6) is -4.17. The smallest absolute Gasteiger partial charge is 0.336 e. The number of hydrogen-bond acceptors (Lipinski definition) is 5. The topological polar surface area (TPSA) is 121 Å². The SMILES string of the molecule is C[Si](C)(C)OC(=O)CC(O)(CC(=O)O)C(=O)O. The van der Waals surface area contributed by atoms with Crippen molar-refractivity contribution in [1.82, 2.24) is 0 Å². The van der Waals surface area contributed by atoms with Crippen LogP contribution in [0.25, 0.3) is 0 Å². The number of hydrogen-bond donors (Lipinski definition) is 3. The molecule has 0 aliphatic carbocycles. The van der Waals surface area contributed by atoms with Gasteiger partial charge in [0.05, 0.1) is 12.8 Å². The fraction of sp³-hybridized carbons (Fsp3) is 0.667. The Labute approximate surface area is 99.1 Å². The molecule has 0 aromatic heterocycles. The van der Waals surface area contributed by atoms with E-state index in [1.165, 1.54) is 0 Å². The molecule has 98 valence electrons. The number of aliphatic hydroxyl groups is 1. The normalized spacial score (nSPS) is 14.8. The molecule has 8 heteroatoms. The van der Waals surface area contributed by atoms with Gasteiger partial charge in [0.25, 0.3) is 5.97 Å². The quantitative estimate of drug-likeness (QED) is 0.579. The summed E-state index contributed by atoms with van der Waals surface area (Å²) in [6.07, 6.45) is -1.93. The molecule has 1 atom stereocenters. The van der Waals surface area contributed by atoms with Gasteiger partial charge in [-0.3, -0.25) is 9.59 Å². The minimum atomic E-state index is -2.62. The second-order valence-corrected chi connectivity index (χ2v) is 9.10. The molecule has 0 aromatic rings. The van der Waals surface area contributed by atoms with Gasteiger partial charge < -0.3 is 19.7 Å². The first-order chi connectivity index (χ1) is 7.46. The summed E-state index contributed by atoms with van der Waals surface area (Å²) in [4.78, 5) is 32.5. The zero-order chi connectivity index (χ0) is 13.9. The lowest BCUT2D eigenvalue weighted by molar-refractivity contribution is -0.169. The van der Waals surface area contributed by atoms with Gasteiger partial charge in [0.2, 0.25) is 8.32 Å². The van der Waals surface area contributed by atoms with Crippen LogP contribution in [-0.2, 0) is 18.8 Å². The molecule has 3 N–H and O–H groups in total. The zero-order valence-corrected chi connectivity index (χ0v) is 10.9. The highest BCUT2D eigenvalue weighted by molar-refractivity contribution is 6.71. The Morgan fingerprint density at radius 1 is 1.12 bits per heavy atom. The third-order valence-corrected chi connectivity index (χ3v) is 2.54. The van der Waals surface area contributed by atoms with Crippen LogP contribution in [-0.4, -0.2) is 47.1 Å². The molecule has 1 unspecified atom stereocenters. The van der Waals surface area contributed by atoms with E-state index in [-0.39, 0.29) is 0 Å². The minimum Gasteiger partial charge on any atom is -0.520 e. The van der Waals surface area contributed by atoms with Gasteiger partial charge >= 0.3 is 11.9 Å². The van der Waals surface area contributed by atoms with Crippen LogP contribution in [0.4, 0.5) is 0 Å². The van der Waals surface area contributed by atoms with Crippen molar-refractivity contribution in [3.05, 3.63) is 0 Å². The molecule has 0 radical (unpaired) electrons. The highest BCUT2D eigenvalue weighted by Crippen LogP contribution is 2.18. The van der Waals surface area contributed by atoms with E-state index in [1.54, 1.807) is 19.6 Å². The Morgan fingerprint density at radius 2 is 1.59 bits per heavy atom. The maximum Gasteiger partial charge on any atom is 0.336 e. The Balaban J connectivity index is 4.72. The molecule has 0 heterocycles. The van der Waals surface area contributed by atoms with Crippen molar-refractivity contribution in [2.24, 2.45) is 0 Å². The van der Waals surface area contributed by atoms with Crippen LogP contribution in [0.3, 0.4) is 0 Å². The van der Waals surface area contributed by atoms with Crippen molar-refractivity contribution >= 4 is 26.2 Å². The lowest BCUT2D eigenvalue weighted by Crippen LogP contribution is -2.44. The maximum absolute atomic E-state index is 11.4. The molecule has 0 saturated carbocycles. The third kappa shape index (κ3) is 6.02. The van der Waals surface area contributed by atoms with Crippen LogP contribution in [0.15, 0.2) is 0 Å². The Kier molecular flexibility index (Phi) is 4.84. The number of rotatable bonds is 6. The van der Waals surface area contributed by atoms with Gasteiger partial charge in [-0.1, -0.05) is 0 Å². The van der Waals surface area contributed by atoms with Crippen molar-refractivity contribution < 1.29 is 34.1 Å². The van der Waals surface area contributed by atoms with Gasteiger partial charge in [0, 0.05) is 0 Å². The van der Waals surface area contributed by atoms with E-state index in [0.29, 0.717) is 0 Å². The summed E-state index contributed by atoms with van der Waals surface area (Å²) in [7, 11) is -2.20. The summed E-state index contributed by atoms with van der Waals surface area (Å²) in [5, 5.41) is 26.8. The second kappa shape index (κ2) is 5.28. The molecular weight excluding hydrogens is 248 g/mol. The van der Waals surface area contributed by atoms with Crippen LogP contribution in [0.2, 0.25) is 19.6 Å². The molecule has 0 bridgehead atoms. The van der Waals surface area contributed by atoms with Crippen LogP contribution in [0.1, 0.15) is 12.8 Å². The minimum absolute atomic E-state index is 0.876. The van der Waals surface area contributed by atoms with Gasteiger partial charge in [-0.2, -0.15) is 0 Å². The summed E-state index contributed by atoms with van der Waals surface area (Å²) in [5.41, 5.74) is -2.62. The van der Waals surface area contributed by atoms with Gasteiger partial charge in [0.15, 0.2) is 5.60 Å². The van der Waals surface area contributed by atoms with E-state index in [4.69, 9.17) is 14.6 Å². The van der Waals surface area contributed by atoms with Crippen LogP contribution in [0, 0.1) is 0 Å². The van der Waals surface area contributed by atoms with Crippen LogP contribution in [0.5, 0.6) is 0 Å². The molecule has 0 saturated heterocycles. The van der Waals surface area contributed by atoms with E-state index in [0.717, 1.165) is 0 Å². The first-order valence-electron chi connectivity index (χ1n) is 4.86. The lowest BCUT2D eigenvalue weighted by atomic mass is 9.96. The number of carbonyl (C=O) groups is 3. The van der Waals surface area contributed by atoms with E-state index in [2.05, 4.69) is 0 Å². The molecule has 0 amide bonds. The molecule has 0 fully saturated rings. The molecule has 7 nitrogen and oxygen atoms in total. The monoisotopic (exact) mass is 264 g/mol. The van der Waals surface area contributed by atoms with Crippen molar-refractivity contribution in [2.75, 3.05) is 0 Å². The predicted molar refractivity (Wildman–Crippen MR) is 58.9 cm³/mol. The molecule has 0 rings (SSSR count). The molecule has 0 aromatic carbocycles. The standard InChI is InChI=1S/C9H16O7Si/c1-17(2,3)16-7(12)5-9(15,8(13)14)4-6(10)11/h15H,4-5H2,1-3H3,(H,10,11)(H,13,14). The van der Waals surface area contributed by atoms with Crippen LogP contribution >= 0.6 is 0 Å². The Morgan fingerprint density at radius 3 is 1.88 bits per heavy atom. The van der Waals surface area contributed by atoms with E-state index in [1.807, 2.05) is 0 Å². The van der Waals surface area contributed by atoms with Crippen LogP contribution < -0.4 is 0 Å². The second-order valence-electron chi connectivity index (χ2n) is 4.67. The van der Waals surface area contributed by atoms with Crippen molar-refractivity contribution in [3.8, 4) is 0 Å². The highest BCUT2D eigenvalue weighted by atomic mass is 28.4. The summed E-state index contributed by atoms with van der Waals surface area (Å²) in [6, 6.07) is 0. The van der Waals surface area contributed by atoms with Gasteiger partial charge in [-0.05, 0) is 19.6 Å². The molecule has 0 aliphatic heterocycles. The molecule has 0 spiro atoms. The fourth-order valence-electron chi connectivity index (χ4n) is 1.08. The Bertz CT molecular complexity index is 333. The van der Waals surface area contributed by atoms with E-state index >= 15 is 0 Å². The average Bonchev–Trinajstić information content (AvgIpc) is 1.96. The first kappa shape index (κ1) is 15.6. The zero-order valence-electron chi connectivity index (χ0n) is 9.89. The summed E-state index contributed by atoms with van der Waals surface area (Å²) in [6.45, 7) is 5.13. The fourth-order valence-corrected chi connectivity index (χ4v) is 1.84. The predicted octanol–water partition coefficient (Wildman–Crippen LogP) is 0.0450. The number of aliphatic carboxylic acids is 2. The van der Waals surface area contributed by atoms with E-state index in [9.17, 15) is 19.5 Å². The summed E-state index contributed by atoms with van der Waals surface area (Å²) >= 11 is 0. The van der Waals surface area contributed by atoms with Crippen molar-refractivity contribution in [1.29, 1.82) is 0 Å². The lowest BCUT2D eigenvalue weighted by Gasteiger charge is -2.23. The van der Waals surface area contributed by atoms with Crippen molar-refractivity contribution in [2.45, 2.75) is 38.1 Å². The summed E-state index contributed by atoms with van der Waals surface area (Å²) < 4.78 is 4.95. The Hall–Kier alpha value is -1.41. The molecular formula is C9H16O7Si. The van der Waals surface area contributed by atoms with E-state index < -0.39 is 44.7 Å². The van der Waals surface area contributed by atoms with Gasteiger partial charge in [0.1, 0.15) is 0 Å². The highest BCUT2D eigenvalue weighted by Gasteiger charge is 2.42. The molecule has 0 aliphatic rings. The number of carbonyl (C=O) groups excluding carboxylic acids is 1. The maximum atomic E-state index is 11.4. The average molecular weight is 264 g/mol. The van der Waals surface area contributed by atoms with Gasteiger partial charge in [-0.15, -0.1) is 0 Å². The molecule has 17 heavy (non-hydrogen) atoms. The number of carboxylic acid groups (broad SMARTS) is 2. The third-order valence-electron chi connectivity index (χ3n) is 1.70.